The van der Waals surface area contributed by atoms with Gasteiger partial charge in [-0.2, -0.15) is 0 Å². The maximum absolute atomic E-state index is 12.0. The van der Waals surface area contributed by atoms with Gasteiger partial charge in [0.1, 0.15) is 5.69 Å². The number of hydrogen-bond donors (Lipinski definition) is 2. The van der Waals surface area contributed by atoms with Gasteiger partial charge < -0.3 is 10.3 Å². The number of halogens is 1. The van der Waals surface area contributed by atoms with Crippen molar-refractivity contribution < 1.29 is 4.79 Å². The van der Waals surface area contributed by atoms with Crippen LogP contribution in [0.3, 0.4) is 0 Å². The number of hydrogen-bond acceptors (Lipinski definition) is 3. The van der Waals surface area contributed by atoms with Crippen LogP contribution in [0, 0.1) is 0 Å². The molecule has 0 bridgehead atoms. The summed E-state index contributed by atoms with van der Waals surface area (Å²) in [6.07, 6.45) is 5.21. The van der Waals surface area contributed by atoms with Gasteiger partial charge in [-0.15, -0.1) is 11.8 Å². The molecule has 2 N–H and O–H groups in total. The third-order valence-electron chi connectivity index (χ3n) is 3.13. The molecular formula is C17H14ClN3OS. The van der Waals surface area contributed by atoms with Crippen LogP contribution in [-0.4, -0.2) is 15.9 Å². The number of carbonyl (C=O) groups excluding carboxylic acids is 1. The van der Waals surface area contributed by atoms with Gasteiger partial charge in [0.2, 0.25) is 0 Å². The molecule has 0 radical (unpaired) electrons. The number of benzene rings is 1. The molecular weight excluding hydrogens is 330 g/mol. The smallest absolute Gasteiger partial charge is 0.272 e. The number of amides is 1. The largest absolute Gasteiger partial charge is 0.356 e. The molecule has 0 unspecified atom stereocenters. The van der Waals surface area contributed by atoms with Crippen LogP contribution in [0.5, 0.6) is 0 Å². The molecule has 1 aromatic carbocycles. The highest BCUT2D eigenvalue weighted by atomic mass is 35.5. The van der Waals surface area contributed by atoms with E-state index in [2.05, 4.69) is 21.4 Å². The summed E-state index contributed by atoms with van der Waals surface area (Å²) < 4.78 is 0. The van der Waals surface area contributed by atoms with Crippen LogP contribution in [0.15, 0.2) is 66.0 Å². The maximum Gasteiger partial charge on any atom is 0.272 e. The number of aromatic amines is 1. The van der Waals surface area contributed by atoms with E-state index in [0.29, 0.717) is 10.7 Å². The number of pyridine rings is 1. The van der Waals surface area contributed by atoms with Crippen molar-refractivity contribution >= 4 is 35.0 Å². The van der Waals surface area contributed by atoms with Crippen molar-refractivity contribution in [2.45, 2.75) is 10.6 Å². The Kier molecular flexibility index (Phi) is 5.00. The van der Waals surface area contributed by atoms with E-state index in [-0.39, 0.29) is 5.91 Å². The Morgan fingerprint density at radius 2 is 2.09 bits per heavy atom. The highest BCUT2D eigenvalue weighted by Gasteiger charge is 2.08. The van der Waals surface area contributed by atoms with E-state index in [0.717, 1.165) is 16.3 Å². The quantitative estimate of drug-likeness (QED) is 0.665. The van der Waals surface area contributed by atoms with Crippen LogP contribution >= 0.6 is 23.4 Å². The van der Waals surface area contributed by atoms with Crippen LogP contribution in [0.2, 0.25) is 5.02 Å². The Bertz CT molecular complexity index is 787. The number of nitrogens with one attached hydrogen (secondary N) is 2. The maximum atomic E-state index is 12.0. The van der Waals surface area contributed by atoms with Gasteiger partial charge in [0, 0.05) is 34.9 Å². The predicted octanol–water partition coefficient (Wildman–Crippen LogP) is 4.61. The fourth-order valence-electron chi connectivity index (χ4n) is 1.98. The topological polar surface area (TPSA) is 57.8 Å². The average molecular weight is 344 g/mol. The van der Waals surface area contributed by atoms with Gasteiger partial charge in [-0.25, -0.2) is 0 Å². The highest BCUT2D eigenvalue weighted by Crippen LogP contribution is 2.24. The van der Waals surface area contributed by atoms with Crippen LogP contribution in [0.25, 0.3) is 0 Å². The second-order valence-corrected chi connectivity index (χ2v) is 6.35. The first-order valence-corrected chi connectivity index (χ1v) is 8.34. The van der Waals surface area contributed by atoms with Gasteiger partial charge in [0.15, 0.2) is 0 Å². The van der Waals surface area contributed by atoms with Crippen LogP contribution in [0.4, 0.5) is 5.69 Å². The van der Waals surface area contributed by atoms with E-state index in [1.54, 1.807) is 30.2 Å². The van der Waals surface area contributed by atoms with Crippen molar-refractivity contribution in [2.75, 3.05) is 5.32 Å². The van der Waals surface area contributed by atoms with Crippen LogP contribution < -0.4 is 5.32 Å². The molecule has 4 nitrogen and oxygen atoms in total. The van der Waals surface area contributed by atoms with Crippen LogP contribution in [0.1, 0.15) is 16.1 Å². The lowest BCUT2D eigenvalue weighted by atomic mass is 10.3. The molecule has 0 saturated carbocycles. The van der Waals surface area contributed by atoms with Gasteiger partial charge in [-0.3, -0.25) is 9.78 Å². The molecule has 0 atom stereocenters. The molecule has 0 spiro atoms. The van der Waals surface area contributed by atoms with E-state index in [4.69, 9.17) is 11.6 Å². The van der Waals surface area contributed by atoms with Gasteiger partial charge >= 0.3 is 0 Å². The first kappa shape index (κ1) is 15.6. The molecule has 0 aliphatic heterocycles. The fraction of sp³-hybridized carbons (Fsp3) is 0.0588. The number of anilines is 1. The zero-order valence-corrected chi connectivity index (χ0v) is 13.7. The molecule has 1 amide bonds. The number of carbonyl (C=O) groups is 1. The minimum absolute atomic E-state index is 0.215. The monoisotopic (exact) mass is 343 g/mol. The normalized spacial score (nSPS) is 10.5. The number of thioether (sulfide) groups is 1. The second kappa shape index (κ2) is 7.35. The third kappa shape index (κ3) is 4.37. The Balaban J connectivity index is 1.57. The van der Waals surface area contributed by atoms with Gasteiger partial charge in [0.25, 0.3) is 5.91 Å². The molecule has 3 rings (SSSR count). The zero-order valence-electron chi connectivity index (χ0n) is 12.1. The number of H-pyrrole nitrogens is 1. The predicted molar refractivity (Wildman–Crippen MR) is 94.0 cm³/mol. The summed E-state index contributed by atoms with van der Waals surface area (Å²) in [5, 5.41) is 3.34. The van der Waals surface area contributed by atoms with Gasteiger partial charge in [-0.1, -0.05) is 17.7 Å². The molecule has 0 saturated heterocycles. The molecule has 6 heteroatoms. The lowest BCUT2D eigenvalue weighted by molar-refractivity contribution is 0.102. The number of aromatic nitrogens is 2. The van der Waals surface area contributed by atoms with E-state index in [9.17, 15) is 4.79 Å². The summed E-state index contributed by atoms with van der Waals surface area (Å²) in [7, 11) is 0. The van der Waals surface area contributed by atoms with Gasteiger partial charge in [-0.05, 0) is 42.0 Å². The SMILES string of the molecule is O=C(Nc1ccc(SCc2cccnc2)cc1)c1cc(Cl)c[nH]1. The molecule has 0 aliphatic carbocycles. The Labute approximate surface area is 143 Å². The first-order chi connectivity index (χ1) is 11.2. The molecule has 0 fully saturated rings. The molecule has 0 aliphatic rings. The Hall–Kier alpha value is -2.24. The summed E-state index contributed by atoms with van der Waals surface area (Å²) >= 11 is 7.52. The number of nitrogens with zero attached hydrogens (tertiary/aromatic N) is 1. The fourth-order valence-corrected chi connectivity index (χ4v) is 2.98. The Morgan fingerprint density at radius 3 is 2.74 bits per heavy atom. The summed E-state index contributed by atoms with van der Waals surface area (Å²) in [5.41, 5.74) is 2.36. The average Bonchev–Trinajstić information content (AvgIpc) is 3.02. The van der Waals surface area contributed by atoms with E-state index in [1.807, 2.05) is 36.5 Å². The lowest BCUT2D eigenvalue weighted by Gasteiger charge is -2.06. The van der Waals surface area contributed by atoms with E-state index < -0.39 is 0 Å². The molecule has 23 heavy (non-hydrogen) atoms. The van der Waals surface area contributed by atoms with Gasteiger partial charge in [0.05, 0.1) is 5.02 Å². The zero-order chi connectivity index (χ0) is 16.1. The van der Waals surface area contributed by atoms with Crippen molar-refractivity contribution in [3.63, 3.8) is 0 Å². The summed E-state index contributed by atoms with van der Waals surface area (Å²) in [5.74, 6) is 0.647. The summed E-state index contributed by atoms with van der Waals surface area (Å²) in [4.78, 5) is 20.1. The third-order valence-corrected chi connectivity index (χ3v) is 4.43. The minimum atomic E-state index is -0.215. The van der Waals surface area contributed by atoms with Crippen molar-refractivity contribution in [3.8, 4) is 0 Å². The minimum Gasteiger partial charge on any atom is -0.356 e. The van der Waals surface area contributed by atoms with E-state index in [1.165, 1.54) is 5.56 Å². The highest BCUT2D eigenvalue weighted by molar-refractivity contribution is 7.98. The van der Waals surface area contributed by atoms with Crippen molar-refractivity contribution in [3.05, 3.63) is 77.3 Å². The molecule has 116 valence electrons. The second-order valence-electron chi connectivity index (χ2n) is 4.86. The first-order valence-electron chi connectivity index (χ1n) is 6.98. The summed E-state index contributed by atoms with van der Waals surface area (Å²) in [6.45, 7) is 0. The van der Waals surface area contributed by atoms with Crippen molar-refractivity contribution in [1.82, 2.24) is 9.97 Å². The molecule has 2 heterocycles. The van der Waals surface area contributed by atoms with Crippen molar-refractivity contribution in [1.29, 1.82) is 0 Å². The standard InChI is InChI=1S/C17H14ClN3OS/c18-13-8-16(20-10-13)17(22)21-14-3-5-15(6-4-14)23-11-12-2-1-7-19-9-12/h1-10,20H,11H2,(H,21,22). The molecule has 2 aromatic heterocycles. The summed E-state index contributed by atoms with van der Waals surface area (Å²) in [6, 6.07) is 13.3. The molecule has 3 aromatic rings. The lowest BCUT2D eigenvalue weighted by Crippen LogP contribution is -2.11. The Morgan fingerprint density at radius 1 is 1.26 bits per heavy atom. The number of rotatable bonds is 5. The van der Waals surface area contributed by atoms with E-state index >= 15 is 0 Å². The van der Waals surface area contributed by atoms with Crippen LogP contribution in [-0.2, 0) is 5.75 Å². The van der Waals surface area contributed by atoms with Crippen molar-refractivity contribution in [2.24, 2.45) is 0 Å².